The molecule has 3 heteroatoms. The number of fused-ring (bicyclic) bond motifs is 2. The molecule has 106 valence electrons. The molecule has 0 saturated carbocycles. The zero-order chi connectivity index (χ0) is 14.4. The Hall–Kier alpha value is -2.13. The van der Waals surface area contributed by atoms with Gasteiger partial charge in [-0.15, -0.1) is 0 Å². The van der Waals surface area contributed by atoms with E-state index in [1.165, 1.54) is 5.56 Å². The van der Waals surface area contributed by atoms with Crippen molar-refractivity contribution in [1.29, 1.82) is 0 Å². The molecule has 0 spiro atoms. The standard InChI is InChI=1S/C18H18N2O/c1-20-17-9-5-3-7-14(17)16(19-20)12-18(21)11-10-13-6-2-4-8-15(13)18/h2-9,21H,10-12H2,1H3. The number of nitrogens with zero attached hydrogens (tertiary/aromatic N) is 2. The summed E-state index contributed by atoms with van der Waals surface area (Å²) in [6, 6.07) is 16.4. The lowest BCUT2D eigenvalue weighted by Crippen LogP contribution is -2.25. The van der Waals surface area contributed by atoms with Crippen molar-refractivity contribution in [3.05, 3.63) is 65.4 Å². The fraction of sp³-hybridized carbons (Fsp3) is 0.278. The molecule has 0 amide bonds. The lowest BCUT2D eigenvalue weighted by Gasteiger charge is -2.23. The molecule has 0 radical (unpaired) electrons. The van der Waals surface area contributed by atoms with E-state index in [0.29, 0.717) is 6.42 Å². The van der Waals surface area contributed by atoms with Crippen LogP contribution in [0.4, 0.5) is 0 Å². The van der Waals surface area contributed by atoms with E-state index in [4.69, 9.17) is 0 Å². The number of benzene rings is 2. The van der Waals surface area contributed by atoms with Crippen molar-refractivity contribution in [3.63, 3.8) is 0 Å². The Bertz CT molecular complexity index is 821. The second-order valence-electron chi connectivity index (χ2n) is 5.95. The van der Waals surface area contributed by atoms with Crippen molar-refractivity contribution >= 4 is 10.9 Å². The largest absolute Gasteiger partial charge is 0.385 e. The van der Waals surface area contributed by atoms with Crippen LogP contribution in [0, 0.1) is 0 Å². The second-order valence-corrected chi connectivity index (χ2v) is 5.95. The molecule has 1 aliphatic rings. The molecule has 0 aliphatic heterocycles. The number of hydrogen-bond acceptors (Lipinski definition) is 2. The zero-order valence-corrected chi connectivity index (χ0v) is 12.1. The fourth-order valence-electron chi connectivity index (χ4n) is 3.55. The van der Waals surface area contributed by atoms with E-state index in [1.54, 1.807) is 0 Å². The Balaban J connectivity index is 1.79. The molecule has 0 saturated heterocycles. The van der Waals surface area contributed by atoms with E-state index in [1.807, 2.05) is 42.1 Å². The molecule has 3 nitrogen and oxygen atoms in total. The van der Waals surface area contributed by atoms with Gasteiger partial charge < -0.3 is 5.11 Å². The van der Waals surface area contributed by atoms with Crippen molar-refractivity contribution in [3.8, 4) is 0 Å². The summed E-state index contributed by atoms with van der Waals surface area (Å²) in [5.74, 6) is 0. The highest BCUT2D eigenvalue weighted by Gasteiger charge is 2.37. The number of aromatic nitrogens is 2. The SMILES string of the molecule is Cn1nc(CC2(O)CCc3ccccc32)c2ccccc21. The van der Waals surface area contributed by atoms with Gasteiger partial charge in [0, 0.05) is 18.9 Å². The minimum atomic E-state index is -0.784. The van der Waals surface area contributed by atoms with Gasteiger partial charge in [0.05, 0.1) is 16.8 Å². The molecule has 0 bridgehead atoms. The third-order valence-corrected chi connectivity index (χ3v) is 4.62. The molecule has 1 unspecified atom stereocenters. The number of aryl methyl sites for hydroxylation is 2. The summed E-state index contributed by atoms with van der Waals surface area (Å²) in [7, 11) is 1.96. The Morgan fingerprint density at radius 2 is 1.90 bits per heavy atom. The van der Waals surface area contributed by atoms with Crippen LogP contribution in [0.2, 0.25) is 0 Å². The van der Waals surface area contributed by atoms with Crippen molar-refractivity contribution < 1.29 is 5.11 Å². The summed E-state index contributed by atoms with van der Waals surface area (Å²) in [5.41, 5.74) is 3.64. The van der Waals surface area contributed by atoms with Gasteiger partial charge >= 0.3 is 0 Å². The van der Waals surface area contributed by atoms with Gasteiger partial charge in [-0.25, -0.2) is 0 Å². The lowest BCUT2D eigenvalue weighted by atomic mass is 9.90. The van der Waals surface area contributed by atoms with E-state index in [0.717, 1.165) is 35.0 Å². The third-order valence-electron chi connectivity index (χ3n) is 4.62. The van der Waals surface area contributed by atoms with Crippen LogP contribution in [0.15, 0.2) is 48.5 Å². The molecule has 3 aromatic rings. The molecule has 4 rings (SSSR count). The molecule has 1 heterocycles. The van der Waals surface area contributed by atoms with Crippen LogP contribution in [0.1, 0.15) is 23.2 Å². The van der Waals surface area contributed by atoms with Crippen LogP contribution >= 0.6 is 0 Å². The van der Waals surface area contributed by atoms with Gasteiger partial charge in [-0.2, -0.15) is 5.10 Å². The molecular formula is C18H18N2O. The Labute approximate surface area is 123 Å². The predicted octanol–water partition coefficient (Wildman–Crippen LogP) is 2.95. The summed E-state index contributed by atoms with van der Waals surface area (Å²) in [6.45, 7) is 0. The summed E-state index contributed by atoms with van der Waals surface area (Å²) in [5, 5.41) is 16.9. The summed E-state index contributed by atoms with van der Waals surface area (Å²) in [4.78, 5) is 0. The van der Waals surface area contributed by atoms with Crippen molar-refractivity contribution in [2.24, 2.45) is 7.05 Å². The maximum absolute atomic E-state index is 11.1. The molecule has 1 aromatic heterocycles. The van der Waals surface area contributed by atoms with E-state index in [-0.39, 0.29) is 0 Å². The number of aliphatic hydroxyl groups is 1. The number of para-hydroxylation sites is 1. The van der Waals surface area contributed by atoms with Crippen LogP contribution in [0.25, 0.3) is 10.9 Å². The first-order valence-electron chi connectivity index (χ1n) is 7.39. The van der Waals surface area contributed by atoms with Crippen molar-refractivity contribution in [2.75, 3.05) is 0 Å². The number of hydrogen-bond donors (Lipinski definition) is 1. The van der Waals surface area contributed by atoms with Gasteiger partial charge in [0.1, 0.15) is 0 Å². The van der Waals surface area contributed by atoms with E-state index >= 15 is 0 Å². The second kappa shape index (κ2) is 4.43. The predicted molar refractivity (Wildman–Crippen MR) is 83.1 cm³/mol. The van der Waals surface area contributed by atoms with Crippen molar-refractivity contribution in [2.45, 2.75) is 24.9 Å². The van der Waals surface area contributed by atoms with E-state index in [9.17, 15) is 5.11 Å². The maximum atomic E-state index is 11.1. The highest BCUT2D eigenvalue weighted by molar-refractivity contribution is 5.82. The average Bonchev–Trinajstić information content (AvgIpc) is 3.00. The average molecular weight is 278 g/mol. The molecule has 0 fully saturated rings. The van der Waals surface area contributed by atoms with E-state index < -0.39 is 5.60 Å². The monoisotopic (exact) mass is 278 g/mol. The normalized spacial score (nSPS) is 20.9. The topological polar surface area (TPSA) is 38.0 Å². The summed E-state index contributed by atoms with van der Waals surface area (Å²) < 4.78 is 1.90. The molecular weight excluding hydrogens is 260 g/mol. The Kier molecular flexibility index (Phi) is 2.66. The first-order chi connectivity index (χ1) is 10.2. The van der Waals surface area contributed by atoms with Gasteiger partial charge in [0.15, 0.2) is 0 Å². The molecule has 1 aliphatic carbocycles. The highest BCUT2D eigenvalue weighted by Crippen LogP contribution is 2.39. The maximum Gasteiger partial charge on any atom is 0.0958 e. The smallest absolute Gasteiger partial charge is 0.0958 e. The molecule has 1 atom stereocenters. The van der Waals surface area contributed by atoms with Gasteiger partial charge in [-0.1, -0.05) is 42.5 Å². The van der Waals surface area contributed by atoms with Gasteiger partial charge in [0.25, 0.3) is 0 Å². The van der Waals surface area contributed by atoms with Crippen LogP contribution < -0.4 is 0 Å². The number of rotatable bonds is 2. The fourth-order valence-corrected chi connectivity index (χ4v) is 3.55. The van der Waals surface area contributed by atoms with Gasteiger partial charge in [-0.05, 0) is 30.0 Å². The molecule has 2 aromatic carbocycles. The van der Waals surface area contributed by atoms with Crippen LogP contribution in [-0.4, -0.2) is 14.9 Å². The summed E-state index contributed by atoms with van der Waals surface area (Å²) >= 11 is 0. The lowest BCUT2D eigenvalue weighted by molar-refractivity contribution is 0.0382. The van der Waals surface area contributed by atoms with Crippen molar-refractivity contribution in [1.82, 2.24) is 9.78 Å². The summed E-state index contributed by atoms with van der Waals surface area (Å²) in [6.07, 6.45) is 2.29. The van der Waals surface area contributed by atoms with Crippen LogP contribution in [-0.2, 0) is 25.5 Å². The quantitative estimate of drug-likeness (QED) is 0.782. The Morgan fingerprint density at radius 1 is 1.14 bits per heavy atom. The first kappa shape index (κ1) is 12.6. The van der Waals surface area contributed by atoms with Gasteiger partial charge in [-0.3, -0.25) is 4.68 Å². The third kappa shape index (κ3) is 1.88. The molecule has 21 heavy (non-hydrogen) atoms. The first-order valence-corrected chi connectivity index (χ1v) is 7.39. The van der Waals surface area contributed by atoms with E-state index in [2.05, 4.69) is 23.3 Å². The van der Waals surface area contributed by atoms with Crippen LogP contribution in [0.3, 0.4) is 0 Å². The minimum absolute atomic E-state index is 0.575. The van der Waals surface area contributed by atoms with Gasteiger partial charge in [0.2, 0.25) is 0 Å². The van der Waals surface area contributed by atoms with Crippen LogP contribution in [0.5, 0.6) is 0 Å². The molecule has 1 N–H and O–H groups in total. The highest BCUT2D eigenvalue weighted by atomic mass is 16.3. The zero-order valence-electron chi connectivity index (χ0n) is 12.1. The Morgan fingerprint density at radius 3 is 2.81 bits per heavy atom. The minimum Gasteiger partial charge on any atom is -0.385 e.